The van der Waals surface area contributed by atoms with Gasteiger partial charge < -0.3 is 10.3 Å². The summed E-state index contributed by atoms with van der Waals surface area (Å²) in [6.45, 7) is 3.67. The highest BCUT2D eigenvalue weighted by Gasteiger charge is 2.28. The molecular weight excluding hydrogens is 248 g/mol. The number of rotatable bonds is 4. The molecule has 0 fully saturated rings. The maximum Gasteiger partial charge on any atom is 0.280 e. The van der Waals surface area contributed by atoms with Gasteiger partial charge in [-0.25, -0.2) is 0 Å². The third kappa shape index (κ3) is 2.45. The molecule has 19 heavy (non-hydrogen) atoms. The normalized spacial score (nSPS) is 14.1. The van der Waals surface area contributed by atoms with E-state index in [-0.39, 0.29) is 17.4 Å². The highest BCUT2D eigenvalue weighted by atomic mass is 16.6. The standard InChI is InChI=1S/C12H14N4O3/c1-3-12(2,13)11-14-10(15-19-11)8-6-4-5-7-9(8)16(17)18/h4-7H,3,13H2,1-2H3. The molecule has 0 aliphatic heterocycles. The summed E-state index contributed by atoms with van der Waals surface area (Å²) in [5.74, 6) is 0.440. The molecule has 0 radical (unpaired) electrons. The molecule has 100 valence electrons. The second-order valence-corrected chi connectivity index (χ2v) is 4.47. The molecule has 0 aliphatic carbocycles. The lowest BCUT2D eigenvalue weighted by Crippen LogP contribution is -2.32. The molecule has 0 bridgehead atoms. The number of benzene rings is 1. The van der Waals surface area contributed by atoms with Gasteiger partial charge in [0.05, 0.1) is 10.5 Å². The largest absolute Gasteiger partial charge is 0.337 e. The van der Waals surface area contributed by atoms with Gasteiger partial charge in [0.15, 0.2) is 0 Å². The van der Waals surface area contributed by atoms with Gasteiger partial charge in [-0.05, 0) is 19.4 Å². The lowest BCUT2D eigenvalue weighted by molar-refractivity contribution is -0.384. The van der Waals surface area contributed by atoms with E-state index in [2.05, 4.69) is 10.1 Å². The van der Waals surface area contributed by atoms with Gasteiger partial charge in [0.25, 0.3) is 5.69 Å². The summed E-state index contributed by atoms with van der Waals surface area (Å²) in [6.07, 6.45) is 0.617. The van der Waals surface area contributed by atoms with Gasteiger partial charge in [-0.15, -0.1) is 0 Å². The molecule has 2 aromatic rings. The van der Waals surface area contributed by atoms with Gasteiger partial charge in [-0.3, -0.25) is 10.1 Å². The summed E-state index contributed by atoms with van der Waals surface area (Å²) in [7, 11) is 0. The van der Waals surface area contributed by atoms with E-state index in [0.717, 1.165) is 0 Å². The Hall–Kier alpha value is -2.28. The lowest BCUT2D eigenvalue weighted by atomic mass is 10.0. The second kappa shape index (κ2) is 4.77. The maximum absolute atomic E-state index is 10.9. The van der Waals surface area contributed by atoms with Crippen LogP contribution in [0.3, 0.4) is 0 Å². The van der Waals surface area contributed by atoms with Crippen molar-refractivity contribution >= 4 is 5.69 Å². The van der Waals surface area contributed by atoms with Crippen molar-refractivity contribution in [1.82, 2.24) is 10.1 Å². The fraction of sp³-hybridized carbons (Fsp3) is 0.333. The van der Waals surface area contributed by atoms with Crippen molar-refractivity contribution in [3.63, 3.8) is 0 Å². The molecule has 2 rings (SSSR count). The van der Waals surface area contributed by atoms with Crippen LogP contribution in [0.1, 0.15) is 26.2 Å². The predicted octanol–water partition coefficient (Wildman–Crippen LogP) is 2.23. The van der Waals surface area contributed by atoms with E-state index >= 15 is 0 Å². The molecule has 7 heteroatoms. The first kappa shape index (κ1) is 13.2. The van der Waals surface area contributed by atoms with Gasteiger partial charge in [0.2, 0.25) is 11.7 Å². The summed E-state index contributed by atoms with van der Waals surface area (Å²) in [5.41, 5.74) is 5.50. The van der Waals surface area contributed by atoms with Crippen LogP contribution in [-0.4, -0.2) is 15.1 Å². The third-order valence-corrected chi connectivity index (χ3v) is 2.99. The van der Waals surface area contributed by atoms with E-state index in [4.69, 9.17) is 10.3 Å². The van der Waals surface area contributed by atoms with Crippen LogP contribution < -0.4 is 5.73 Å². The van der Waals surface area contributed by atoms with Crippen molar-refractivity contribution < 1.29 is 9.45 Å². The van der Waals surface area contributed by atoms with Crippen molar-refractivity contribution in [2.45, 2.75) is 25.8 Å². The Morgan fingerprint density at radius 3 is 2.79 bits per heavy atom. The first-order valence-electron chi connectivity index (χ1n) is 5.82. The van der Waals surface area contributed by atoms with Crippen molar-refractivity contribution in [3.05, 3.63) is 40.3 Å². The van der Waals surface area contributed by atoms with E-state index in [1.165, 1.54) is 6.07 Å². The van der Waals surface area contributed by atoms with Crippen LogP contribution in [0.25, 0.3) is 11.4 Å². The van der Waals surface area contributed by atoms with Crippen LogP contribution in [0.4, 0.5) is 5.69 Å². The number of para-hydroxylation sites is 1. The van der Waals surface area contributed by atoms with Gasteiger partial charge in [-0.2, -0.15) is 4.98 Å². The summed E-state index contributed by atoms with van der Waals surface area (Å²) < 4.78 is 5.10. The Kier molecular flexibility index (Phi) is 3.30. The van der Waals surface area contributed by atoms with E-state index in [0.29, 0.717) is 12.0 Å². The van der Waals surface area contributed by atoms with E-state index in [1.807, 2.05) is 6.92 Å². The van der Waals surface area contributed by atoms with E-state index in [1.54, 1.807) is 25.1 Å². The summed E-state index contributed by atoms with van der Waals surface area (Å²) in [6, 6.07) is 6.24. The minimum atomic E-state index is -0.741. The van der Waals surface area contributed by atoms with Crippen LogP contribution in [0, 0.1) is 10.1 Å². The number of hydrogen-bond donors (Lipinski definition) is 1. The molecular formula is C12H14N4O3. The Bertz CT molecular complexity index is 607. The Balaban J connectivity index is 2.47. The molecule has 0 spiro atoms. The van der Waals surface area contributed by atoms with Gasteiger partial charge in [0.1, 0.15) is 5.56 Å². The molecule has 1 unspecified atom stereocenters. The fourth-order valence-electron chi connectivity index (χ4n) is 1.54. The topological polar surface area (TPSA) is 108 Å². The van der Waals surface area contributed by atoms with Crippen molar-refractivity contribution in [2.75, 3.05) is 0 Å². The number of hydrogen-bond acceptors (Lipinski definition) is 6. The molecule has 0 saturated heterocycles. The SMILES string of the molecule is CCC(C)(N)c1nc(-c2ccccc2[N+](=O)[O-])no1. The second-order valence-electron chi connectivity index (χ2n) is 4.47. The van der Waals surface area contributed by atoms with Crippen molar-refractivity contribution in [1.29, 1.82) is 0 Å². The van der Waals surface area contributed by atoms with Crippen LogP contribution in [0.2, 0.25) is 0 Å². The zero-order valence-corrected chi connectivity index (χ0v) is 10.7. The predicted molar refractivity (Wildman–Crippen MR) is 68.2 cm³/mol. The molecule has 0 amide bonds. The Morgan fingerprint density at radius 1 is 1.47 bits per heavy atom. The molecule has 1 heterocycles. The fourth-order valence-corrected chi connectivity index (χ4v) is 1.54. The van der Waals surface area contributed by atoms with Crippen LogP contribution in [-0.2, 0) is 5.54 Å². The van der Waals surface area contributed by atoms with Crippen LogP contribution in [0.5, 0.6) is 0 Å². The minimum Gasteiger partial charge on any atom is -0.337 e. The smallest absolute Gasteiger partial charge is 0.280 e. The van der Waals surface area contributed by atoms with Gasteiger partial charge in [0, 0.05) is 6.07 Å². The first-order chi connectivity index (χ1) is 8.95. The number of nitrogens with two attached hydrogens (primary N) is 1. The summed E-state index contributed by atoms with van der Waals surface area (Å²) >= 11 is 0. The number of nitrogens with zero attached hydrogens (tertiary/aromatic N) is 3. The van der Waals surface area contributed by atoms with Crippen LogP contribution in [0.15, 0.2) is 28.8 Å². The van der Waals surface area contributed by atoms with Gasteiger partial charge in [-0.1, -0.05) is 24.2 Å². The quantitative estimate of drug-likeness (QED) is 0.668. The molecule has 1 aromatic carbocycles. The highest BCUT2D eigenvalue weighted by Crippen LogP contribution is 2.29. The number of nitro groups is 1. The van der Waals surface area contributed by atoms with E-state index in [9.17, 15) is 10.1 Å². The highest BCUT2D eigenvalue weighted by molar-refractivity contribution is 5.67. The summed E-state index contributed by atoms with van der Waals surface area (Å²) in [5, 5.41) is 14.7. The zero-order chi connectivity index (χ0) is 14.0. The monoisotopic (exact) mass is 262 g/mol. The van der Waals surface area contributed by atoms with Gasteiger partial charge >= 0.3 is 0 Å². The molecule has 7 nitrogen and oxygen atoms in total. The maximum atomic E-state index is 10.9. The molecule has 1 aromatic heterocycles. The minimum absolute atomic E-state index is 0.0647. The van der Waals surface area contributed by atoms with Crippen molar-refractivity contribution in [2.24, 2.45) is 5.73 Å². The summed E-state index contributed by atoms with van der Waals surface area (Å²) in [4.78, 5) is 14.6. The first-order valence-corrected chi connectivity index (χ1v) is 5.82. The average molecular weight is 262 g/mol. The number of nitro benzene ring substituents is 1. The zero-order valence-electron chi connectivity index (χ0n) is 10.7. The van der Waals surface area contributed by atoms with E-state index < -0.39 is 10.5 Å². The third-order valence-electron chi connectivity index (χ3n) is 2.99. The molecule has 0 saturated carbocycles. The Labute approximate surface area is 109 Å². The van der Waals surface area contributed by atoms with Crippen molar-refractivity contribution in [3.8, 4) is 11.4 Å². The lowest BCUT2D eigenvalue weighted by Gasteiger charge is -2.16. The van der Waals surface area contributed by atoms with Crippen LogP contribution >= 0.6 is 0 Å². The molecule has 2 N–H and O–H groups in total. The number of aromatic nitrogens is 2. The Morgan fingerprint density at radius 2 is 2.16 bits per heavy atom. The molecule has 0 aliphatic rings. The average Bonchev–Trinajstić information content (AvgIpc) is 2.89. The molecule has 1 atom stereocenters.